The minimum atomic E-state index is -3.77. The molecule has 0 aliphatic rings. The van der Waals surface area contributed by atoms with Crippen LogP contribution in [0.15, 0.2) is 28.2 Å². The normalized spacial score (nSPS) is 13.8. The Morgan fingerprint density at radius 2 is 2.20 bits per heavy atom. The summed E-state index contributed by atoms with van der Waals surface area (Å²) in [7, 11) is -3.77. The second-order valence-corrected chi connectivity index (χ2v) is 7.50. The number of hydrogen-bond acceptors (Lipinski definition) is 7. The fraction of sp³-hybridized carbons (Fsp3) is 0.200. The number of nitrogens with zero attached hydrogens (tertiary/aromatic N) is 3. The largest absolute Gasteiger partial charge is 0.381 e. The van der Waals surface area contributed by atoms with Crippen molar-refractivity contribution in [2.24, 2.45) is 0 Å². The van der Waals surface area contributed by atoms with Gasteiger partial charge >= 0.3 is 0 Å². The molecule has 0 saturated heterocycles. The predicted molar refractivity (Wildman–Crippen MR) is 78.3 cm³/mol. The Morgan fingerprint density at radius 3 is 2.90 bits per heavy atom. The van der Waals surface area contributed by atoms with Crippen LogP contribution in [0.5, 0.6) is 0 Å². The lowest BCUT2D eigenvalue weighted by Gasteiger charge is -2.11. The number of aromatic nitrogens is 3. The van der Waals surface area contributed by atoms with Crippen molar-refractivity contribution in [1.82, 2.24) is 19.1 Å². The van der Waals surface area contributed by atoms with Gasteiger partial charge in [-0.05, 0) is 6.92 Å². The molecular weight excluding hydrogens is 318 g/mol. The van der Waals surface area contributed by atoms with Crippen LogP contribution >= 0.6 is 22.7 Å². The second-order valence-electron chi connectivity index (χ2n) is 4.07. The molecule has 7 nitrogen and oxygen atoms in total. The van der Waals surface area contributed by atoms with E-state index in [0.29, 0.717) is 9.97 Å². The third-order valence-electron chi connectivity index (χ3n) is 2.65. The summed E-state index contributed by atoms with van der Waals surface area (Å²) in [5.74, 6) is -0.00399. The van der Waals surface area contributed by atoms with Crippen molar-refractivity contribution in [2.75, 3.05) is 5.73 Å². The summed E-state index contributed by atoms with van der Waals surface area (Å²) in [5, 5.41) is 4.21. The van der Waals surface area contributed by atoms with E-state index in [2.05, 4.69) is 14.7 Å². The average molecular weight is 329 g/mol. The van der Waals surface area contributed by atoms with Gasteiger partial charge in [-0.3, -0.25) is 4.40 Å². The monoisotopic (exact) mass is 329 g/mol. The molecule has 3 rings (SSSR count). The Kier molecular flexibility index (Phi) is 3.24. The molecule has 0 aliphatic heterocycles. The number of anilines is 1. The third kappa shape index (κ3) is 2.20. The van der Waals surface area contributed by atoms with Crippen molar-refractivity contribution in [3.8, 4) is 0 Å². The third-order valence-corrected chi connectivity index (χ3v) is 5.95. The zero-order valence-electron chi connectivity index (χ0n) is 10.3. The molecule has 0 aliphatic carbocycles. The summed E-state index contributed by atoms with van der Waals surface area (Å²) in [6, 6.07) is -0.427. The number of nitrogens with one attached hydrogen (secondary N) is 1. The number of thiazole rings is 2. The van der Waals surface area contributed by atoms with Gasteiger partial charge in [0.05, 0.1) is 6.04 Å². The van der Waals surface area contributed by atoms with Crippen LogP contribution in [0.4, 0.5) is 5.82 Å². The maximum atomic E-state index is 12.5. The van der Waals surface area contributed by atoms with E-state index in [1.54, 1.807) is 30.1 Å². The molecule has 0 radical (unpaired) electrons. The molecule has 10 heteroatoms. The number of rotatable bonds is 4. The molecule has 3 N–H and O–H groups in total. The molecular formula is C10H11N5O2S3. The van der Waals surface area contributed by atoms with Crippen LogP contribution in [0, 0.1) is 0 Å². The lowest BCUT2D eigenvalue weighted by molar-refractivity contribution is 0.562. The van der Waals surface area contributed by atoms with Gasteiger partial charge in [0.25, 0.3) is 10.0 Å². The standard InChI is InChI=1S/C10H11N5O2S3/c1-6(8-12-2-4-18-8)14-20(16,17)9-7(11)13-10-15(9)3-5-19-10/h2-6,14H,11H2,1H3. The maximum absolute atomic E-state index is 12.5. The minimum absolute atomic E-state index is 0.00399. The summed E-state index contributed by atoms with van der Waals surface area (Å²) in [5.41, 5.74) is 5.72. The van der Waals surface area contributed by atoms with Gasteiger partial charge in [0.1, 0.15) is 5.01 Å². The molecule has 0 bridgehead atoms. The molecule has 0 aromatic carbocycles. The van der Waals surface area contributed by atoms with Crippen molar-refractivity contribution in [2.45, 2.75) is 18.0 Å². The van der Waals surface area contributed by atoms with Crippen LogP contribution in [0.1, 0.15) is 18.0 Å². The zero-order chi connectivity index (χ0) is 14.3. The highest BCUT2D eigenvalue weighted by atomic mass is 32.2. The van der Waals surface area contributed by atoms with E-state index in [1.807, 2.05) is 0 Å². The van der Waals surface area contributed by atoms with E-state index in [4.69, 9.17) is 5.73 Å². The Hall–Kier alpha value is -1.49. The van der Waals surface area contributed by atoms with Crippen molar-refractivity contribution in [3.05, 3.63) is 28.2 Å². The molecule has 20 heavy (non-hydrogen) atoms. The van der Waals surface area contributed by atoms with E-state index in [9.17, 15) is 8.42 Å². The van der Waals surface area contributed by atoms with Crippen molar-refractivity contribution >= 4 is 43.5 Å². The number of nitrogens with two attached hydrogens (primary N) is 1. The highest BCUT2D eigenvalue weighted by Crippen LogP contribution is 2.25. The number of fused-ring (bicyclic) bond motifs is 1. The Balaban J connectivity index is 2.00. The lowest BCUT2D eigenvalue weighted by Crippen LogP contribution is -2.28. The molecule has 3 heterocycles. The zero-order valence-corrected chi connectivity index (χ0v) is 12.8. The molecule has 0 saturated carbocycles. The Bertz CT molecular complexity index is 834. The van der Waals surface area contributed by atoms with Gasteiger partial charge in [0, 0.05) is 23.2 Å². The van der Waals surface area contributed by atoms with Crippen LogP contribution < -0.4 is 10.5 Å². The summed E-state index contributed by atoms with van der Waals surface area (Å²) in [4.78, 5) is 8.68. The first-order chi connectivity index (χ1) is 9.49. The summed E-state index contributed by atoms with van der Waals surface area (Å²) in [6.45, 7) is 1.73. The SMILES string of the molecule is CC(NS(=O)(=O)c1c(N)nc2sccn12)c1nccs1. The van der Waals surface area contributed by atoms with Gasteiger partial charge in [-0.15, -0.1) is 22.7 Å². The van der Waals surface area contributed by atoms with E-state index < -0.39 is 16.1 Å². The van der Waals surface area contributed by atoms with Crippen molar-refractivity contribution in [1.29, 1.82) is 0 Å². The predicted octanol–water partition coefficient (Wildman–Crippen LogP) is 1.47. The topological polar surface area (TPSA) is 102 Å². The molecule has 0 fully saturated rings. The highest BCUT2D eigenvalue weighted by molar-refractivity contribution is 7.89. The van der Waals surface area contributed by atoms with Crippen LogP contribution in [-0.4, -0.2) is 22.8 Å². The van der Waals surface area contributed by atoms with Gasteiger partial charge in [-0.25, -0.2) is 23.1 Å². The highest BCUT2D eigenvalue weighted by Gasteiger charge is 2.27. The van der Waals surface area contributed by atoms with Gasteiger partial charge < -0.3 is 5.73 Å². The summed E-state index contributed by atoms with van der Waals surface area (Å²) < 4.78 is 29.0. The van der Waals surface area contributed by atoms with Gasteiger partial charge in [0.2, 0.25) is 0 Å². The number of sulfonamides is 1. The van der Waals surface area contributed by atoms with E-state index in [-0.39, 0.29) is 10.8 Å². The van der Waals surface area contributed by atoms with Crippen molar-refractivity contribution < 1.29 is 8.42 Å². The Morgan fingerprint density at radius 1 is 1.40 bits per heavy atom. The minimum Gasteiger partial charge on any atom is -0.381 e. The quantitative estimate of drug-likeness (QED) is 0.754. The number of imidazole rings is 1. The molecule has 106 valence electrons. The maximum Gasteiger partial charge on any atom is 0.261 e. The number of nitrogen functional groups attached to an aromatic ring is 1. The van der Waals surface area contributed by atoms with E-state index >= 15 is 0 Å². The molecule has 0 spiro atoms. The Labute approximate surface area is 123 Å². The van der Waals surface area contributed by atoms with E-state index in [1.165, 1.54) is 27.1 Å². The van der Waals surface area contributed by atoms with Crippen LogP contribution in [-0.2, 0) is 10.0 Å². The molecule has 0 amide bonds. The van der Waals surface area contributed by atoms with Crippen LogP contribution in [0.3, 0.4) is 0 Å². The molecule has 3 aromatic rings. The first kappa shape index (κ1) is 13.5. The molecule has 1 unspecified atom stereocenters. The fourth-order valence-corrected chi connectivity index (χ4v) is 4.75. The van der Waals surface area contributed by atoms with Crippen molar-refractivity contribution in [3.63, 3.8) is 0 Å². The van der Waals surface area contributed by atoms with Gasteiger partial charge in [-0.1, -0.05) is 0 Å². The van der Waals surface area contributed by atoms with E-state index in [0.717, 1.165) is 0 Å². The lowest BCUT2D eigenvalue weighted by atomic mass is 10.4. The second kappa shape index (κ2) is 4.81. The summed E-state index contributed by atoms with van der Waals surface area (Å²) >= 11 is 2.71. The smallest absolute Gasteiger partial charge is 0.261 e. The van der Waals surface area contributed by atoms with Gasteiger partial charge in [0.15, 0.2) is 15.8 Å². The fourth-order valence-electron chi connectivity index (χ4n) is 1.84. The van der Waals surface area contributed by atoms with Crippen LogP contribution in [0.2, 0.25) is 0 Å². The first-order valence-electron chi connectivity index (χ1n) is 5.62. The number of hydrogen-bond donors (Lipinski definition) is 2. The average Bonchev–Trinajstić information content (AvgIpc) is 3.01. The van der Waals surface area contributed by atoms with Crippen LogP contribution in [0.25, 0.3) is 4.96 Å². The summed E-state index contributed by atoms with van der Waals surface area (Å²) in [6.07, 6.45) is 3.26. The molecule has 1 atom stereocenters. The van der Waals surface area contributed by atoms with Gasteiger partial charge in [-0.2, -0.15) is 0 Å². The first-order valence-corrected chi connectivity index (χ1v) is 8.86. The molecule has 3 aromatic heterocycles.